The van der Waals surface area contributed by atoms with Gasteiger partial charge in [0.1, 0.15) is 0 Å². The van der Waals surface area contributed by atoms with Gasteiger partial charge >= 0.3 is 0 Å². The van der Waals surface area contributed by atoms with E-state index in [2.05, 4.69) is 62.3 Å². The SMILES string of the molecule is C/C(=C(/C(C)O)C(C)(C)C(C)(C)C)C(C)(C)C. The number of rotatable bonds is 2. The number of aliphatic hydroxyl groups is 1. The molecule has 0 saturated carbocycles. The summed E-state index contributed by atoms with van der Waals surface area (Å²) in [5, 5.41) is 10.2. The Labute approximate surface area is 108 Å². The van der Waals surface area contributed by atoms with E-state index in [1.807, 2.05) is 6.92 Å². The minimum atomic E-state index is -0.386. The van der Waals surface area contributed by atoms with Gasteiger partial charge in [-0.15, -0.1) is 0 Å². The van der Waals surface area contributed by atoms with Crippen LogP contribution in [0.4, 0.5) is 0 Å². The van der Waals surface area contributed by atoms with Crippen LogP contribution in [0, 0.1) is 16.2 Å². The molecule has 0 radical (unpaired) electrons. The summed E-state index contributed by atoms with van der Waals surface area (Å²) in [5.74, 6) is 0. The molecule has 0 saturated heterocycles. The van der Waals surface area contributed by atoms with Crippen LogP contribution in [-0.4, -0.2) is 11.2 Å². The van der Waals surface area contributed by atoms with Crippen molar-refractivity contribution in [2.75, 3.05) is 0 Å². The summed E-state index contributed by atoms with van der Waals surface area (Å²) in [6.07, 6.45) is -0.386. The summed E-state index contributed by atoms with van der Waals surface area (Å²) >= 11 is 0. The molecule has 17 heavy (non-hydrogen) atoms. The fourth-order valence-electron chi connectivity index (χ4n) is 2.11. The Morgan fingerprint density at radius 2 is 1.24 bits per heavy atom. The summed E-state index contributed by atoms with van der Waals surface area (Å²) in [7, 11) is 0. The molecule has 1 heteroatoms. The quantitative estimate of drug-likeness (QED) is 0.687. The highest BCUT2D eigenvalue weighted by Crippen LogP contribution is 2.48. The van der Waals surface area contributed by atoms with Gasteiger partial charge in [0.2, 0.25) is 0 Å². The smallest absolute Gasteiger partial charge is 0.0730 e. The maximum Gasteiger partial charge on any atom is 0.0730 e. The van der Waals surface area contributed by atoms with E-state index in [0.29, 0.717) is 0 Å². The van der Waals surface area contributed by atoms with E-state index in [1.54, 1.807) is 0 Å². The molecule has 0 rings (SSSR count). The fraction of sp³-hybridized carbons (Fsp3) is 0.875. The maximum atomic E-state index is 10.2. The molecule has 1 atom stereocenters. The Morgan fingerprint density at radius 1 is 0.882 bits per heavy atom. The highest BCUT2D eigenvalue weighted by Gasteiger charge is 2.40. The monoisotopic (exact) mass is 240 g/mol. The molecule has 1 N–H and O–H groups in total. The second-order valence-electron chi connectivity index (χ2n) is 7.84. The van der Waals surface area contributed by atoms with Crippen LogP contribution >= 0.6 is 0 Å². The molecule has 0 aliphatic heterocycles. The molecule has 0 aliphatic rings. The zero-order chi connectivity index (χ0) is 14.2. The predicted molar refractivity (Wildman–Crippen MR) is 77.1 cm³/mol. The van der Waals surface area contributed by atoms with Crippen molar-refractivity contribution >= 4 is 0 Å². The standard InChI is InChI=1S/C16H32O/c1-11(14(3,4)5)13(12(2)17)16(9,10)15(6,7)8/h12,17H,1-10H3/b13-11+. The van der Waals surface area contributed by atoms with Crippen LogP contribution in [-0.2, 0) is 0 Å². The third kappa shape index (κ3) is 3.58. The molecule has 0 heterocycles. The van der Waals surface area contributed by atoms with Crippen molar-refractivity contribution in [1.82, 2.24) is 0 Å². The summed E-state index contributed by atoms with van der Waals surface area (Å²) in [6, 6.07) is 0. The Kier molecular flexibility index (Phi) is 4.67. The average Bonchev–Trinajstić information content (AvgIpc) is 1.98. The lowest BCUT2D eigenvalue weighted by Gasteiger charge is -2.45. The van der Waals surface area contributed by atoms with E-state index >= 15 is 0 Å². The van der Waals surface area contributed by atoms with Gasteiger partial charge in [-0.2, -0.15) is 0 Å². The highest BCUT2D eigenvalue weighted by molar-refractivity contribution is 5.28. The van der Waals surface area contributed by atoms with E-state index < -0.39 is 0 Å². The van der Waals surface area contributed by atoms with Gasteiger partial charge in [0.15, 0.2) is 0 Å². The third-order valence-electron chi connectivity index (χ3n) is 4.50. The minimum Gasteiger partial charge on any atom is -0.389 e. The average molecular weight is 240 g/mol. The third-order valence-corrected chi connectivity index (χ3v) is 4.50. The van der Waals surface area contributed by atoms with E-state index in [9.17, 15) is 5.11 Å². The summed E-state index contributed by atoms with van der Waals surface area (Å²) in [4.78, 5) is 0. The molecule has 0 aromatic heterocycles. The van der Waals surface area contributed by atoms with Gasteiger partial charge in [-0.3, -0.25) is 0 Å². The van der Waals surface area contributed by atoms with E-state index in [1.165, 1.54) is 11.1 Å². The van der Waals surface area contributed by atoms with Crippen LogP contribution < -0.4 is 0 Å². The number of aliphatic hydroxyl groups excluding tert-OH is 1. The molecule has 0 amide bonds. The molecule has 102 valence electrons. The second-order valence-corrected chi connectivity index (χ2v) is 7.84. The highest BCUT2D eigenvalue weighted by atomic mass is 16.3. The number of allylic oxidation sites excluding steroid dienone is 1. The van der Waals surface area contributed by atoms with Crippen molar-refractivity contribution in [3.8, 4) is 0 Å². The largest absolute Gasteiger partial charge is 0.389 e. The first-order chi connectivity index (χ1) is 7.23. The van der Waals surface area contributed by atoms with E-state index in [4.69, 9.17) is 0 Å². The molecule has 0 fully saturated rings. The topological polar surface area (TPSA) is 20.2 Å². The molecule has 0 aromatic carbocycles. The van der Waals surface area contributed by atoms with Crippen molar-refractivity contribution in [2.45, 2.75) is 75.3 Å². The predicted octanol–water partition coefficient (Wildman–Crippen LogP) is 4.80. The molecule has 0 spiro atoms. The first-order valence-electron chi connectivity index (χ1n) is 6.62. The lowest BCUT2D eigenvalue weighted by atomic mass is 9.61. The normalized spacial score (nSPS) is 17.8. The van der Waals surface area contributed by atoms with Crippen molar-refractivity contribution in [3.63, 3.8) is 0 Å². The lowest BCUT2D eigenvalue weighted by Crippen LogP contribution is -2.37. The molecule has 0 aliphatic carbocycles. The zero-order valence-corrected chi connectivity index (χ0v) is 13.5. The van der Waals surface area contributed by atoms with E-state index in [-0.39, 0.29) is 22.3 Å². The molecule has 0 aromatic rings. The van der Waals surface area contributed by atoms with Crippen molar-refractivity contribution in [1.29, 1.82) is 0 Å². The lowest BCUT2D eigenvalue weighted by molar-refractivity contribution is 0.118. The van der Waals surface area contributed by atoms with Crippen LogP contribution in [0.2, 0.25) is 0 Å². The minimum absolute atomic E-state index is 0.0153. The van der Waals surface area contributed by atoms with Gasteiger partial charge < -0.3 is 5.11 Å². The van der Waals surface area contributed by atoms with Crippen LogP contribution in [0.5, 0.6) is 0 Å². The molecular weight excluding hydrogens is 208 g/mol. The van der Waals surface area contributed by atoms with Crippen molar-refractivity contribution in [3.05, 3.63) is 11.1 Å². The Bertz CT molecular complexity index is 292. The maximum absolute atomic E-state index is 10.2. The number of hydrogen-bond acceptors (Lipinski definition) is 1. The van der Waals surface area contributed by atoms with Crippen LogP contribution in [0.3, 0.4) is 0 Å². The van der Waals surface area contributed by atoms with E-state index in [0.717, 1.165) is 0 Å². The van der Waals surface area contributed by atoms with Gasteiger partial charge in [0, 0.05) is 0 Å². The Morgan fingerprint density at radius 3 is 1.41 bits per heavy atom. The number of hydrogen-bond donors (Lipinski definition) is 1. The van der Waals surface area contributed by atoms with Gasteiger partial charge in [0.25, 0.3) is 0 Å². The van der Waals surface area contributed by atoms with Crippen LogP contribution in [0.1, 0.15) is 69.2 Å². The molecular formula is C16H32O. The van der Waals surface area contributed by atoms with Crippen LogP contribution in [0.25, 0.3) is 0 Å². The summed E-state index contributed by atoms with van der Waals surface area (Å²) < 4.78 is 0. The molecule has 1 nitrogen and oxygen atoms in total. The van der Waals surface area contributed by atoms with Gasteiger partial charge in [-0.25, -0.2) is 0 Å². The molecule has 1 unspecified atom stereocenters. The van der Waals surface area contributed by atoms with Gasteiger partial charge in [-0.05, 0) is 35.7 Å². The summed E-state index contributed by atoms with van der Waals surface area (Å²) in [6.45, 7) is 21.9. The van der Waals surface area contributed by atoms with Crippen molar-refractivity contribution in [2.24, 2.45) is 16.2 Å². The zero-order valence-electron chi connectivity index (χ0n) is 13.5. The fourth-order valence-corrected chi connectivity index (χ4v) is 2.11. The Hall–Kier alpha value is -0.300. The van der Waals surface area contributed by atoms with Crippen LogP contribution in [0.15, 0.2) is 11.1 Å². The van der Waals surface area contributed by atoms with Crippen molar-refractivity contribution < 1.29 is 5.11 Å². The van der Waals surface area contributed by atoms with Gasteiger partial charge in [-0.1, -0.05) is 61.0 Å². The van der Waals surface area contributed by atoms with Gasteiger partial charge in [0.05, 0.1) is 6.10 Å². The Balaban J connectivity index is 5.90. The molecule has 0 bridgehead atoms. The summed E-state index contributed by atoms with van der Waals surface area (Å²) in [5.41, 5.74) is 2.73. The first-order valence-corrected chi connectivity index (χ1v) is 6.62. The first kappa shape index (κ1) is 16.7. The second kappa shape index (κ2) is 4.76.